The highest BCUT2D eigenvalue weighted by atomic mass is 19.4. The number of benzene rings is 4. The van der Waals surface area contributed by atoms with Crippen molar-refractivity contribution in [2.24, 2.45) is 11.8 Å². The molecule has 4 aromatic rings. The molecule has 19 nitrogen and oxygen atoms in total. The Bertz CT molecular complexity index is 3140. The first-order valence-corrected chi connectivity index (χ1v) is 27.9. The second kappa shape index (κ2) is 31.1. The number of alkyl halides is 6. The standard InChI is InChI=1S/C32H37F3O10.C32H35F3O9/c1-19(36)23(32(33,34)35)14-15-24(43-30(39)20-10-7-6-8-11-20)28-25(44-31(2,3)45-28)13-9-12-21-16-22(41-5)17-26(42-18-40-4)27(21)29(37)38;1-19-23(32(33,34)35)14-15-24(42-29(36)20-10-7-6-8-11-20)28-25(43-31(2,3)44-28)13-9-12-21-16-22(39-5)17-26(40-18-38-4)27(21)30(37)41-19/h6-12,14-17,19,23-25,28,36H,13,18H2,1-5H3,(H,37,38);6-12,14-17,19,23-25,28H,13,18H2,1-5H3/b2*12-9+,15-14-/t2*19?,23?,24?,25-,28?/m00/s1. The molecule has 89 heavy (non-hydrogen) atoms. The van der Waals surface area contributed by atoms with Gasteiger partial charge in [0.25, 0.3) is 0 Å². The molecule has 0 amide bonds. The fourth-order valence-electron chi connectivity index (χ4n) is 9.74. The van der Waals surface area contributed by atoms with Crippen LogP contribution in [0.1, 0.15) is 107 Å². The van der Waals surface area contributed by atoms with Gasteiger partial charge in [-0.3, -0.25) is 0 Å². The maximum Gasteiger partial charge on any atom is 0.398 e. The Labute approximate surface area is 510 Å². The van der Waals surface area contributed by atoms with Crippen LogP contribution in [0.5, 0.6) is 23.0 Å². The molecule has 0 bridgehead atoms. The number of cyclic esters (lactones) is 1. The number of fused-ring (bicyclic) bond motifs is 2. The molecular weight excluding hydrogens is 1190 g/mol. The Morgan fingerprint density at radius 3 is 1.91 bits per heavy atom. The molecule has 0 saturated carbocycles. The van der Waals surface area contributed by atoms with Crippen molar-refractivity contribution >= 4 is 36.0 Å². The van der Waals surface area contributed by atoms with Gasteiger partial charge in [-0.25, -0.2) is 19.2 Å². The Morgan fingerprint density at radius 1 is 0.753 bits per heavy atom. The molecule has 7 rings (SSSR count). The summed E-state index contributed by atoms with van der Waals surface area (Å²) in [4.78, 5) is 51.6. The number of carbonyl (C=O) groups is 4. The number of aliphatic hydroxyl groups is 1. The van der Waals surface area contributed by atoms with Gasteiger partial charge >= 0.3 is 36.2 Å². The Morgan fingerprint density at radius 2 is 1.34 bits per heavy atom. The number of ether oxygens (including phenoxy) is 13. The number of halogens is 6. The molecule has 0 radical (unpaired) electrons. The van der Waals surface area contributed by atoms with Gasteiger partial charge in [-0.1, -0.05) is 72.9 Å². The molecule has 2 saturated heterocycles. The molecule has 4 aromatic carbocycles. The summed E-state index contributed by atoms with van der Waals surface area (Å²) in [5.74, 6) is -10.1. The van der Waals surface area contributed by atoms with Crippen molar-refractivity contribution in [2.45, 2.75) is 127 Å². The summed E-state index contributed by atoms with van der Waals surface area (Å²) in [6.07, 6.45) is -8.96. The Hall–Kier alpha value is -7.78. The largest absolute Gasteiger partial charge is 0.497 e. The van der Waals surface area contributed by atoms with Crippen molar-refractivity contribution in [1.29, 1.82) is 0 Å². The summed E-state index contributed by atoms with van der Waals surface area (Å²) in [5, 5.41) is 19.7. The third kappa shape index (κ3) is 19.6. The van der Waals surface area contributed by atoms with Gasteiger partial charge in [0.1, 0.15) is 70.6 Å². The van der Waals surface area contributed by atoms with Crippen LogP contribution in [0, 0.1) is 11.8 Å². The molecule has 3 aliphatic heterocycles. The smallest absolute Gasteiger partial charge is 0.398 e. The molecular formula is C64H72F6O19. The monoisotopic (exact) mass is 1260 g/mol. The van der Waals surface area contributed by atoms with Gasteiger partial charge < -0.3 is 71.8 Å². The fourth-order valence-corrected chi connectivity index (χ4v) is 9.74. The summed E-state index contributed by atoms with van der Waals surface area (Å²) >= 11 is 0. The van der Waals surface area contributed by atoms with Gasteiger partial charge in [0.2, 0.25) is 0 Å². The van der Waals surface area contributed by atoms with Crippen LogP contribution >= 0.6 is 0 Å². The molecule has 0 spiro atoms. The van der Waals surface area contributed by atoms with Crippen LogP contribution in [-0.4, -0.2) is 149 Å². The predicted octanol–water partition coefficient (Wildman–Crippen LogP) is 11.8. The number of rotatable bonds is 20. The quantitative estimate of drug-likeness (QED) is 0.0275. The Kier molecular flexibility index (Phi) is 24.6. The minimum atomic E-state index is -4.83. The molecule has 2 N–H and O–H groups in total. The highest BCUT2D eigenvalue weighted by Crippen LogP contribution is 2.40. The van der Waals surface area contributed by atoms with Gasteiger partial charge in [-0.05, 0) is 114 Å². The van der Waals surface area contributed by atoms with E-state index in [-0.39, 0.29) is 71.3 Å². The van der Waals surface area contributed by atoms with E-state index in [0.717, 1.165) is 38.2 Å². The van der Waals surface area contributed by atoms with Crippen LogP contribution in [0.3, 0.4) is 0 Å². The lowest BCUT2D eigenvalue weighted by Gasteiger charge is -2.27. The molecule has 25 heteroatoms. The first-order valence-electron chi connectivity index (χ1n) is 27.9. The lowest BCUT2D eigenvalue weighted by Crippen LogP contribution is -2.39. The topological polar surface area (TPSA) is 229 Å². The van der Waals surface area contributed by atoms with Gasteiger partial charge in [-0.2, -0.15) is 26.3 Å². The maximum absolute atomic E-state index is 14.4. The summed E-state index contributed by atoms with van der Waals surface area (Å²) in [5.41, 5.74) is 0.618. The molecule has 2 fully saturated rings. The number of aliphatic hydroxyl groups excluding tert-OH is 1. The van der Waals surface area contributed by atoms with E-state index in [1.807, 2.05) is 0 Å². The van der Waals surface area contributed by atoms with E-state index in [4.69, 9.17) is 61.6 Å². The lowest BCUT2D eigenvalue weighted by molar-refractivity contribution is -0.183. The van der Waals surface area contributed by atoms with Crippen LogP contribution in [0.15, 0.2) is 121 Å². The van der Waals surface area contributed by atoms with Crippen LogP contribution in [-0.2, 0) is 42.6 Å². The first-order chi connectivity index (χ1) is 42.0. The summed E-state index contributed by atoms with van der Waals surface area (Å²) in [6.45, 7) is 8.20. The van der Waals surface area contributed by atoms with E-state index in [1.165, 1.54) is 83.0 Å². The molecule has 8 unspecified atom stereocenters. The van der Waals surface area contributed by atoms with Crippen LogP contribution in [0.4, 0.5) is 26.3 Å². The van der Waals surface area contributed by atoms with Gasteiger partial charge in [-0.15, -0.1) is 0 Å². The zero-order chi connectivity index (χ0) is 65.4. The van der Waals surface area contributed by atoms with Crippen molar-refractivity contribution < 1.29 is 117 Å². The van der Waals surface area contributed by atoms with Crippen molar-refractivity contribution in [3.05, 3.63) is 155 Å². The van der Waals surface area contributed by atoms with Crippen LogP contribution in [0.25, 0.3) is 12.2 Å². The summed E-state index contributed by atoms with van der Waals surface area (Å²) in [6, 6.07) is 21.8. The highest BCUT2D eigenvalue weighted by Gasteiger charge is 2.49. The number of methoxy groups -OCH3 is 4. The van der Waals surface area contributed by atoms with E-state index in [1.54, 1.807) is 82.3 Å². The van der Waals surface area contributed by atoms with E-state index < -0.39 is 108 Å². The SMILES string of the molecule is COCOc1cc(OC)cc(/C=C/C[C@@H]2OC(C)(C)OC2C(/C=C\C(C(C)O)C(F)(F)F)OC(=O)c2ccccc2)c1C(=O)O.COCOc1cc(OC)cc2c1C(=O)OC(C)C(C(F)(F)F)/C=C\C(OC(=O)c1ccccc1)C1OC(C)(C)O[C@H]1C/C=C/2. The normalized spacial score (nSPS) is 23.4. The average molecular weight is 1260 g/mol. The van der Waals surface area contributed by atoms with Crippen LogP contribution < -0.4 is 18.9 Å². The summed E-state index contributed by atoms with van der Waals surface area (Å²) < 4.78 is 157. The number of carboxylic acid groups (broad SMARTS) is 1. The average Bonchev–Trinajstić information content (AvgIpc) is 3.81. The van der Waals surface area contributed by atoms with E-state index in [2.05, 4.69) is 0 Å². The third-order valence-corrected chi connectivity index (χ3v) is 13.8. The van der Waals surface area contributed by atoms with Gasteiger partial charge in [0, 0.05) is 26.4 Å². The van der Waals surface area contributed by atoms with E-state index >= 15 is 0 Å². The lowest BCUT2D eigenvalue weighted by atomic mass is 9.97. The number of esters is 3. The second-order valence-electron chi connectivity index (χ2n) is 21.4. The minimum Gasteiger partial charge on any atom is -0.497 e. The second-order valence-corrected chi connectivity index (χ2v) is 21.4. The minimum absolute atomic E-state index is 0.00147. The molecule has 3 heterocycles. The zero-order valence-corrected chi connectivity index (χ0v) is 50.4. The Balaban J connectivity index is 0.000000284. The van der Waals surface area contributed by atoms with Crippen molar-refractivity contribution in [1.82, 2.24) is 0 Å². The number of hydrogen-bond acceptors (Lipinski definition) is 18. The maximum atomic E-state index is 14.4. The number of carboxylic acids is 1. The molecule has 0 aromatic heterocycles. The number of carbonyl (C=O) groups excluding carboxylic acids is 3. The molecule has 3 aliphatic rings. The third-order valence-electron chi connectivity index (χ3n) is 13.8. The molecule has 10 atom stereocenters. The number of aromatic carboxylic acids is 1. The first kappa shape index (κ1) is 70.3. The van der Waals surface area contributed by atoms with E-state index in [9.17, 15) is 55.7 Å². The van der Waals surface area contributed by atoms with Crippen molar-refractivity contribution in [3.63, 3.8) is 0 Å². The summed E-state index contributed by atoms with van der Waals surface area (Å²) in [7, 11) is 5.59. The van der Waals surface area contributed by atoms with E-state index in [0.29, 0.717) is 11.5 Å². The fraction of sp³-hybridized carbons (Fsp3) is 0.438. The molecule has 0 aliphatic carbocycles. The molecule has 484 valence electrons. The predicted molar refractivity (Wildman–Crippen MR) is 308 cm³/mol. The van der Waals surface area contributed by atoms with Gasteiger partial charge in [0.15, 0.2) is 25.2 Å². The number of hydrogen-bond donors (Lipinski definition) is 2. The van der Waals surface area contributed by atoms with Crippen molar-refractivity contribution in [2.75, 3.05) is 42.0 Å². The van der Waals surface area contributed by atoms with Crippen LogP contribution in [0.2, 0.25) is 0 Å². The van der Waals surface area contributed by atoms with Crippen molar-refractivity contribution in [3.8, 4) is 23.0 Å². The highest BCUT2D eigenvalue weighted by molar-refractivity contribution is 5.97. The zero-order valence-electron chi connectivity index (χ0n) is 50.4. The van der Waals surface area contributed by atoms with Gasteiger partial charge in [0.05, 0.1) is 49.6 Å².